The Morgan fingerprint density at radius 1 is 1.22 bits per heavy atom. The third kappa shape index (κ3) is 2.38. The molecule has 3 heterocycles. The summed E-state index contributed by atoms with van der Waals surface area (Å²) in [6.45, 7) is 3.65. The fraction of sp³-hybridized carbons (Fsp3) is 0.368. The smallest absolute Gasteiger partial charge is 0.343 e. The Morgan fingerprint density at radius 2 is 2.00 bits per heavy atom. The molecule has 118 valence electrons. The fourth-order valence-corrected chi connectivity index (χ4v) is 3.79. The molecule has 2 aliphatic heterocycles. The number of nitrogens with zero attached hydrogens (tertiary/aromatic N) is 1. The average molecular weight is 309 g/mol. The highest BCUT2D eigenvalue weighted by Gasteiger charge is 2.26. The van der Waals surface area contributed by atoms with Crippen molar-refractivity contribution in [3.8, 4) is 0 Å². The highest BCUT2D eigenvalue weighted by molar-refractivity contribution is 5.93. The third-order valence-corrected chi connectivity index (χ3v) is 4.74. The van der Waals surface area contributed by atoms with Crippen LogP contribution in [0.15, 0.2) is 27.4 Å². The van der Waals surface area contributed by atoms with Crippen LogP contribution < -0.4 is 10.5 Å². The number of hydrogen-bond donors (Lipinski definition) is 0. The van der Waals surface area contributed by atoms with E-state index in [1.807, 2.05) is 6.07 Å². The lowest BCUT2D eigenvalue weighted by Crippen LogP contribution is -2.34. The van der Waals surface area contributed by atoms with Crippen molar-refractivity contribution in [3.05, 3.63) is 45.3 Å². The molecule has 0 unspecified atom stereocenters. The number of carbonyl (C=O) groups is 1. The number of carbonyl (C=O) groups excluding carboxylic acids is 1. The van der Waals surface area contributed by atoms with Crippen molar-refractivity contribution in [1.82, 2.24) is 0 Å². The van der Waals surface area contributed by atoms with E-state index >= 15 is 0 Å². The lowest BCUT2D eigenvalue weighted by molar-refractivity contribution is -0.112. The van der Waals surface area contributed by atoms with Gasteiger partial charge in [-0.05, 0) is 62.5 Å². The van der Waals surface area contributed by atoms with Crippen LogP contribution in [0.1, 0.15) is 36.5 Å². The number of benzene rings is 1. The van der Waals surface area contributed by atoms with E-state index in [0.717, 1.165) is 43.3 Å². The molecule has 0 atom stereocenters. The van der Waals surface area contributed by atoms with Gasteiger partial charge < -0.3 is 9.32 Å². The third-order valence-electron chi connectivity index (χ3n) is 4.74. The summed E-state index contributed by atoms with van der Waals surface area (Å²) in [5, 5.41) is 0.963. The molecule has 0 radical (unpaired) electrons. The van der Waals surface area contributed by atoms with E-state index in [2.05, 4.69) is 11.0 Å². The highest BCUT2D eigenvalue weighted by atomic mass is 16.4. The average Bonchev–Trinajstić information content (AvgIpc) is 2.54. The molecule has 0 spiro atoms. The maximum Gasteiger partial charge on any atom is 0.343 e. The monoisotopic (exact) mass is 309 g/mol. The SMILES string of the molecule is CC(=O)C=Cc1cc2cc3c4c(c2oc1=O)CCCN4CCC3. The number of rotatable bonds is 2. The van der Waals surface area contributed by atoms with Crippen LogP contribution >= 0.6 is 0 Å². The van der Waals surface area contributed by atoms with Crippen LogP contribution in [0.2, 0.25) is 0 Å². The van der Waals surface area contributed by atoms with Gasteiger partial charge in [0.25, 0.3) is 0 Å². The first-order valence-electron chi connectivity index (χ1n) is 8.20. The highest BCUT2D eigenvalue weighted by Crippen LogP contribution is 2.39. The molecule has 0 bridgehead atoms. The van der Waals surface area contributed by atoms with Gasteiger partial charge in [0, 0.05) is 29.7 Å². The molecule has 0 saturated carbocycles. The minimum atomic E-state index is -0.376. The molecule has 1 aromatic heterocycles. The number of hydrogen-bond acceptors (Lipinski definition) is 4. The van der Waals surface area contributed by atoms with Crippen LogP contribution in [-0.4, -0.2) is 18.9 Å². The molecule has 2 aliphatic rings. The van der Waals surface area contributed by atoms with Crippen LogP contribution in [-0.2, 0) is 17.6 Å². The Balaban J connectivity index is 1.96. The number of aryl methyl sites for hydroxylation is 2. The van der Waals surface area contributed by atoms with Crippen molar-refractivity contribution in [2.45, 2.75) is 32.6 Å². The van der Waals surface area contributed by atoms with Crippen molar-refractivity contribution < 1.29 is 9.21 Å². The minimum absolute atomic E-state index is 0.0827. The second-order valence-corrected chi connectivity index (χ2v) is 6.41. The summed E-state index contributed by atoms with van der Waals surface area (Å²) in [7, 11) is 0. The summed E-state index contributed by atoms with van der Waals surface area (Å²) < 4.78 is 5.65. The van der Waals surface area contributed by atoms with Crippen LogP contribution in [0, 0.1) is 0 Å². The van der Waals surface area contributed by atoms with Gasteiger partial charge in [0.15, 0.2) is 5.78 Å². The summed E-state index contributed by atoms with van der Waals surface area (Å²) in [4.78, 5) is 25.8. The van der Waals surface area contributed by atoms with E-state index in [9.17, 15) is 9.59 Å². The normalized spacial score (nSPS) is 16.8. The molecule has 0 aliphatic carbocycles. The van der Waals surface area contributed by atoms with E-state index in [1.54, 1.807) is 6.08 Å². The van der Waals surface area contributed by atoms with Crippen molar-refractivity contribution >= 4 is 28.5 Å². The maximum atomic E-state index is 12.2. The minimum Gasteiger partial charge on any atom is -0.422 e. The van der Waals surface area contributed by atoms with E-state index in [0.29, 0.717) is 5.56 Å². The van der Waals surface area contributed by atoms with Gasteiger partial charge in [-0.25, -0.2) is 4.79 Å². The van der Waals surface area contributed by atoms with Crippen molar-refractivity contribution in [2.24, 2.45) is 0 Å². The van der Waals surface area contributed by atoms with Gasteiger partial charge in [-0.1, -0.05) is 0 Å². The number of fused-ring (bicyclic) bond motifs is 2. The second-order valence-electron chi connectivity index (χ2n) is 6.41. The van der Waals surface area contributed by atoms with Crippen LogP contribution in [0.3, 0.4) is 0 Å². The first-order chi connectivity index (χ1) is 11.1. The standard InChI is InChI=1S/C19H19NO3/c1-12(21)6-7-14-11-15-10-13-4-2-8-20-9-3-5-16(17(13)20)18(15)23-19(14)22/h6-7,10-11H,2-5,8-9H2,1H3. The molecule has 23 heavy (non-hydrogen) atoms. The van der Waals surface area contributed by atoms with E-state index < -0.39 is 0 Å². The summed E-state index contributed by atoms with van der Waals surface area (Å²) >= 11 is 0. The Labute approximate surface area is 134 Å². The number of anilines is 1. The molecular weight excluding hydrogens is 290 g/mol. The molecule has 4 nitrogen and oxygen atoms in total. The topological polar surface area (TPSA) is 50.5 Å². The number of allylic oxidation sites excluding steroid dienone is 1. The lowest BCUT2D eigenvalue weighted by atomic mass is 9.90. The van der Waals surface area contributed by atoms with Crippen molar-refractivity contribution in [3.63, 3.8) is 0 Å². The van der Waals surface area contributed by atoms with Crippen molar-refractivity contribution in [2.75, 3.05) is 18.0 Å². The Bertz CT molecular complexity index is 890. The second kappa shape index (κ2) is 5.37. The van der Waals surface area contributed by atoms with Crippen molar-refractivity contribution in [1.29, 1.82) is 0 Å². The van der Waals surface area contributed by atoms with Gasteiger partial charge in [0.2, 0.25) is 0 Å². The summed E-state index contributed by atoms with van der Waals surface area (Å²) in [5.41, 5.74) is 4.62. The van der Waals surface area contributed by atoms with Crippen LogP contribution in [0.4, 0.5) is 5.69 Å². The molecule has 0 fully saturated rings. The van der Waals surface area contributed by atoms with Gasteiger partial charge in [0.05, 0.1) is 5.56 Å². The quantitative estimate of drug-likeness (QED) is 0.632. The van der Waals surface area contributed by atoms with Gasteiger partial charge >= 0.3 is 5.63 Å². The summed E-state index contributed by atoms with van der Waals surface area (Å²) in [6.07, 6.45) is 7.26. The van der Waals surface area contributed by atoms with Gasteiger partial charge in [0.1, 0.15) is 5.58 Å². The lowest BCUT2D eigenvalue weighted by Gasteiger charge is -2.37. The maximum absolute atomic E-state index is 12.2. The Morgan fingerprint density at radius 3 is 2.78 bits per heavy atom. The zero-order chi connectivity index (χ0) is 16.0. The van der Waals surface area contributed by atoms with Crippen LogP contribution in [0.25, 0.3) is 17.0 Å². The molecule has 2 aromatic rings. The summed E-state index contributed by atoms with van der Waals surface area (Å²) in [6, 6.07) is 4.00. The fourth-order valence-electron chi connectivity index (χ4n) is 3.79. The van der Waals surface area contributed by atoms with Gasteiger partial charge in [-0.2, -0.15) is 0 Å². The zero-order valence-electron chi connectivity index (χ0n) is 13.2. The summed E-state index contributed by atoms with van der Waals surface area (Å²) in [5.74, 6) is -0.0827. The molecular formula is C19H19NO3. The Kier molecular flexibility index (Phi) is 3.33. The molecule has 1 aromatic carbocycles. The Hall–Kier alpha value is -2.36. The van der Waals surface area contributed by atoms with E-state index in [4.69, 9.17) is 4.42 Å². The van der Waals surface area contributed by atoms with E-state index in [-0.39, 0.29) is 11.4 Å². The number of ketones is 1. The first-order valence-corrected chi connectivity index (χ1v) is 8.20. The molecule has 0 saturated heterocycles. The predicted octanol–water partition coefficient (Wildman–Crippen LogP) is 3.09. The zero-order valence-corrected chi connectivity index (χ0v) is 13.2. The first kappa shape index (κ1) is 14.2. The van der Waals surface area contributed by atoms with Gasteiger partial charge in [-0.15, -0.1) is 0 Å². The largest absolute Gasteiger partial charge is 0.422 e. The molecule has 4 rings (SSSR count). The molecule has 0 amide bonds. The van der Waals surface area contributed by atoms with E-state index in [1.165, 1.54) is 36.2 Å². The molecule has 4 heteroatoms. The predicted molar refractivity (Wildman–Crippen MR) is 91.1 cm³/mol. The van der Waals surface area contributed by atoms with Gasteiger partial charge in [-0.3, -0.25) is 4.79 Å². The van der Waals surface area contributed by atoms with Crippen LogP contribution in [0.5, 0.6) is 0 Å². The molecule has 0 N–H and O–H groups in total.